The van der Waals surface area contributed by atoms with Crippen LogP contribution in [0, 0.1) is 0 Å². The number of hydrogen-bond acceptors (Lipinski definition) is 2. The maximum Gasteiger partial charge on any atom is 0.398 e. The molecule has 2 aliphatic heterocycles. The van der Waals surface area contributed by atoms with E-state index in [2.05, 4.69) is 0 Å². The van der Waals surface area contributed by atoms with Crippen LogP contribution < -0.4 is 0 Å². The van der Waals surface area contributed by atoms with E-state index >= 15 is 0 Å². The van der Waals surface area contributed by atoms with E-state index in [4.69, 9.17) is 0 Å². The molecule has 0 saturated heterocycles. The summed E-state index contributed by atoms with van der Waals surface area (Å²) in [5.41, 5.74) is 0. The van der Waals surface area contributed by atoms with Crippen molar-refractivity contribution in [3.63, 3.8) is 0 Å². The van der Waals surface area contributed by atoms with Crippen LogP contribution in [0.4, 0.5) is 0 Å². The van der Waals surface area contributed by atoms with Crippen LogP contribution in [0.2, 0.25) is 0 Å². The zero-order valence-electron chi connectivity index (χ0n) is 5.09. The Morgan fingerprint density at radius 2 is 2.44 bits per heavy atom. The van der Waals surface area contributed by atoms with Gasteiger partial charge in [-0.05, 0) is 11.8 Å². The molecule has 2 rings (SSSR count). The van der Waals surface area contributed by atoms with Gasteiger partial charge in [-0.2, -0.15) is 4.58 Å². The third kappa shape index (κ3) is 0.713. The molecular formula is C6H8NOS+. The number of carbonyl (C=O) groups is 1. The van der Waals surface area contributed by atoms with Crippen molar-refractivity contribution < 1.29 is 9.37 Å². The van der Waals surface area contributed by atoms with Crippen LogP contribution in [0.1, 0.15) is 12.8 Å². The van der Waals surface area contributed by atoms with E-state index in [9.17, 15) is 4.79 Å². The highest BCUT2D eigenvalue weighted by Crippen LogP contribution is 2.21. The molecule has 2 heterocycles. The maximum absolute atomic E-state index is 10.9. The fraction of sp³-hybridized carbons (Fsp3) is 0.667. The fourth-order valence-electron chi connectivity index (χ4n) is 1.28. The van der Waals surface area contributed by atoms with Gasteiger partial charge in [-0.1, -0.05) is 0 Å². The first-order chi connectivity index (χ1) is 4.38. The zero-order valence-corrected chi connectivity index (χ0v) is 5.91. The Hall–Kier alpha value is -0.310. The average Bonchev–Trinajstić information content (AvgIpc) is 2.35. The third-order valence-corrected chi connectivity index (χ3v) is 2.89. The molecule has 0 N–H and O–H groups in total. The number of thioether (sulfide) groups is 1. The molecule has 9 heavy (non-hydrogen) atoms. The summed E-state index contributed by atoms with van der Waals surface area (Å²) in [6.45, 7) is 0.973. The van der Waals surface area contributed by atoms with Crippen LogP contribution in [-0.2, 0) is 4.79 Å². The molecule has 0 saturated carbocycles. The molecule has 0 aromatic carbocycles. The molecule has 1 amide bonds. The predicted molar refractivity (Wildman–Crippen MR) is 36.8 cm³/mol. The summed E-state index contributed by atoms with van der Waals surface area (Å²) in [6, 6.07) is 0. The number of nitrogens with zero attached hydrogens (tertiary/aromatic N) is 1. The highest BCUT2D eigenvalue weighted by Gasteiger charge is 2.35. The second-order valence-corrected chi connectivity index (χ2v) is 3.38. The second-order valence-electron chi connectivity index (χ2n) is 2.33. The van der Waals surface area contributed by atoms with Gasteiger partial charge in [0.1, 0.15) is 5.75 Å². The van der Waals surface area contributed by atoms with Gasteiger partial charge in [-0.25, -0.2) is 4.79 Å². The summed E-state index contributed by atoms with van der Waals surface area (Å²) >= 11 is 1.71. The largest absolute Gasteiger partial charge is 0.398 e. The van der Waals surface area contributed by atoms with E-state index in [1.54, 1.807) is 11.8 Å². The molecule has 3 heteroatoms. The van der Waals surface area contributed by atoms with Crippen molar-refractivity contribution >= 4 is 22.7 Å². The van der Waals surface area contributed by atoms with E-state index in [0.717, 1.165) is 13.0 Å². The molecule has 48 valence electrons. The third-order valence-electron chi connectivity index (χ3n) is 1.74. The SMILES string of the molecule is O=C1CSC2=[N+]1CCC2. The summed E-state index contributed by atoms with van der Waals surface area (Å²) in [5, 5.41) is 1.31. The predicted octanol–water partition coefficient (Wildman–Crippen LogP) is 0.465. The van der Waals surface area contributed by atoms with Crippen molar-refractivity contribution in [1.82, 2.24) is 0 Å². The fourth-order valence-corrected chi connectivity index (χ4v) is 2.37. The van der Waals surface area contributed by atoms with Crippen molar-refractivity contribution in [2.75, 3.05) is 12.3 Å². The summed E-state index contributed by atoms with van der Waals surface area (Å²) in [5.74, 6) is 1.00. The van der Waals surface area contributed by atoms with Gasteiger partial charge in [0.25, 0.3) is 0 Å². The Bertz CT molecular complexity index is 197. The molecule has 0 spiro atoms. The van der Waals surface area contributed by atoms with Crippen molar-refractivity contribution in [1.29, 1.82) is 0 Å². The quantitative estimate of drug-likeness (QED) is 0.458. The van der Waals surface area contributed by atoms with Gasteiger partial charge in [-0.15, -0.1) is 0 Å². The highest BCUT2D eigenvalue weighted by molar-refractivity contribution is 8.14. The Kier molecular flexibility index (Phi) is 1.12. The Morgan fingerprint density at radius 1 is 1.56 bits per heavy atom. The Labute approximate surface area is 57.9 Å². The van der Waals surface area contributed by atoms with Crippen LogP contribution in [0.25, 0.3) is 0 Å². The van der Waals surface area contributed by atoms with E-state index in [-0.39, 0.29) is 0 Å². The minimum absolute atomic E-state index is 0.313. The summed E-state index contributed by atoms with van der Waals surface area (Å²) in [7, 11) is 0. The van der Waals surface area contributed by atoms with E-state index in [1.165, 1.54) is 11.5 Å². The maximum atomic E-state index is 10.9. The first-order valence-corrected chi connectivity index (χ1v) is 4.15. The molecule has 0 aliphatic carbocycles. The Balaban J connectivity index is 2.34. The van der Waals surface area contributed by atoms with Crippen molar-refractivity contribution in [3.05, 3.63) is 0 Å². The van der Waals surface area contributed by atoms with Crippen molar-refractivity contribution in [3.8, 4) is 0 Å². The molecule has 0 fully saturated rings. The molecule has 0 atom stereocenters. The molecular weight excluding hydrogens is 134 g/mol. The number of carbonyl (C=O) groups excluding carboxylic acids is 1. The van der Waals surface area contributed by atoms with Gasteiger partial charge in [0, 0.05) is 12.8 Å². The lowest BCUT2D eigenvalue weighted by Crippen LogP contribution is -2.16. The first-order valence-electron chi connectivity index (χ1n) is 3.17. The smallest absolute Gasteiger partial charge is 0.219 e. The van der Waals surface area contributed by atoms with Gasteiger partial charge in [0.05, 0.1) is 0 Å². The Morgan fingerprint density at radius 3 is 3.22 bits per heavy atom. The van der Waals surface area contributed by atoms with Gasteiger partial charge < -0.3 is 0 Å². The molecule has 2 nitrogen and oxygen atoms in total. The number of amides is 1. The van der Waals surface area contributed by atoms with E-state index < -0.39 is 0 Å². The van der Waals surface area contributed by atoms with Crippen molar-refractivity contribution in [2.24, 2.45) is 0 Å². The summed E-state index contributed by atoms with van der Waals surface area (Å²) in [4.78, 5) is 10.9. The summed E-state index contributed by atoms with van der Waals surface area (Å²) < 4.78 is 1.92. The zero-order chi connectivity index (χ0) is 6.27. The van der Waals surface area contributed by atoms with Crippen LogP contribution in [0.15, 0.2) is 0 Å². The minimum Gasteiger partial charge on any atom is -0.219 e. The number of rotatable bonds is 0. The van der Waals surface area contributed by atoms with Gasteiger partial charge in [-0.3, -0.25) is 0 Å². The normalized spacial score (nSPS) is 25.6. The molecule has 0 bridgehead atoms. The highest BCUT2D eigenvalue weighted by atomic mass is 32.2. The average molecular weight is 142 g/mol. The molecule has 0 aromatic heterocycles. The lowest BCUT2D eigenvalue weighted by molar-refractivity contribution is -0.434. The first kappa shape index (κ1) is 5.47. The topological polar surface area (TPSA) is 20.1 Å². The monoisotopic (exact) mass is 142 g/mol. The molecule has 0 unspecified atom stereocenters. The van der Waals surface area contributed by atoms with E-state index in [0.29, 0.717) is 11.7 Å². The molecule has 2 aliphatic rings. The number of hydrogen-bond donors (Lipinski definition) is 0. The van der Waals surface area contributed by atoms with Crippen molar-refractivity contribution in [2.45, 2.75) is 12.8 Å². The standard InChI is InChI=1S/C6H8NOS/c8-5-4-9-6-2-1-3-7(5)6/h1-4H2/q+1. The van der Waals surface area contributed by atoms with Crippen LogP contribution in [0.5, 0.6) is 0 Å². The minimum atomic E-state index is 0.313. The van der Waals surface area contributed by atoms with Gasteiger partial charge in [0.2, 0.25) is 5.04 Å². The molecule has 0 radical (unpaired) electrons. The van der Waals surface area contributed by atoms with Gasteiger partial charge in [0.15, 0.2) is 6.54 Å². The lowest BCUT2D eigenvalue weighted by atomic mass is 10.4. The molecule has 0 aromatic rings. The van der Waals surface area contributed by atoms with Crippen LogP contribution >= 0.6 is 11.8 Å². The summed E-state index contributed by atoms with van der Waals surface area (Å²) in [6.07, 6.45) is 2.31. The van der Waals surface area contributed by atoms with Gasteiger partial charge >= 0.3 is 5.91 Å². The van der Waals surface area contributed by atoms with Crippen LogP contribution in [-0.4, -0.2) is 27.8 Å². The second kappa shape index (κ2) is 1.84. The van der Waals surface area contributed by atoms with E-state index in [1.807, 2.05) is 4.58 Å². The van der Waals surface area contributed by atoms with Crippen LogP contribution in [0.3, 0.4) is 0 Å². The lowest BCUT2D eigenvalue weighted by Gasteiger charge is -1.82.